The number of nitrogens with one attached hydrogen (secondary N) is 1. The van der Waals surface area contributed by atoms with E-state index in [1.165, 1.54) is 36.3 Å². The van der Waals surface area contributed by atoms with Crippen LogP contribution in [0.2, 0.25) is 0 Å². The molecule has 2 heterocycles. The third-order valence-electron chi connectivity index (χ3n) is 6.90. The molecule has 9 heteroatoms. The van der Waals surface area contributed by atoms with Gasteiger partial charge in [0.1, 0.15) is 0 Å². The second-order valence-electron chi connectivity index (χ2n) is 9.96. The summed E-state index contributed by atoms with van der Waals surface area (Å²) in [5.74, 6) is -1.08. The number of piperidine rings is 1. The largest absolute Gasteiger partial charge is 0.478 e. The van der Waals surface area contributed by atoms with Crippen molar-refractivity contribution in [3.05, 3.63) is 89.3 Å². The molecule has 0 saturated carbocycles. The Balaban J connectivity index is 0.00000370. The first-order valence-corrected chi connectivity index (χ1v) is 14.1. The molecule has 1 fully saturated rings. The predicted molar refractivity (Wildman–Crippen MR) is 166 cm³/mol. The standard InChI is InChI=1S/C31H32N4O3S.ClH/c1-21(2)35(27-16-10-24(11-17-27)30(37)38)31-33-28(20-39-31)22-6-12-25(13-7-22)32-29(36)23-8-14-26(15-9-23)34-18-4-3-5-19-34;/h6-17,20-21H,3-5,18-19H2,1-2H3,(H,32,36)(H,37,38);1H. The zero-order valence-corrected chi connectivity index (χ0v) is 24.2. The van der Waals surface area contributed by atoms with Crippen LogP contribution in [0.1, 0.15) is 53.8 Å². The Morgan fingerprint density at radius 3 is 2.12 bits per heavy atom. The smallest absolute Gasteiger partial charge is 0.335 e. The lowest BCUT2D eigenvalue weighted by Gasteiger charge is -2.28. The number of anilines is 4. The normalized spacial score (nSPS) is 13.0. The summed E-state index contributed by atoms with van der Waals surface area (Å²) in [5.41, 5.74) is 5.46. The number of carboxylic acids is 1. The van der Waals surface area contributed by atoms with E-state index in [-0.39, 0.29) is 29.9 Å². The van der Waals surface area contributed by atoms with Crippen LogP contribution < -0.4 is 15.1 Å². The Morgan fingerprint density at radius 2 is 1.52 bits per heavy atom. The van der Waals surface area contributed by atoms with E-state index in [9.17, 15) is 14.7 Å². The molecule has 0 atom stereocenters. The molecule has 2 N–H and O–H groups in total. The Kier molecular flexibility index (Phi) is 9.45. The number of halogens is 1. The number of thiazole rings is 1. The number of aromatic nitrogens is 1. The fourth-order valence-electron chi connectivity index (χ4n) is 4.80. The third kappa shape index (κ3) is 6.63. The number of amides is 1. The van der Waals surface area contributed by atoms with Gasteiger partial charge in [-0.2, -0.15) is 0 Å². The van der Waals surface area contributed by atoms with Crippen molar-refractivity contribution in [2.24, 2.45) is 0 Å². The molecule has 1 amide bonds. The van der Waals surface area contributed by atoms with Crippen LogP contribution in [0.3, 0.4) is 0 Å². The van der Waals surface area contributed by atoms with E-state index in [1.54, 1.807) is 12.1 Å². The van der Waals surface area contributed by atoms with Crippen molar-refractivity contribution in [1.29, 1.82) is 0 Å². The number of aromatic carboxylic acids is 1. The molecule has 1 saturated heterocycles. The van der Waals surface area contributed by atoms with Crippen molar-refractivity contribution in [1.82, 2.24) is 4.98 Å². The Hall–Kier alpha value is -3.88. The van der Waals surface area contributed by atoms with Crippen molar-refractivity contribution >= 4 is 57.8 Å². The van der Waals surface area contributed by atoms with Crippen molar-refractivity contribution in [2.45, 2.75) is 39.2 Å². The molecule has 1 aliphatic rings. The van der Waals surface area contributed by atoms with E-state index in [0.717, 1.165) is 40.9 Å². The molecule has 4 aromatic rings. The maximum Gasteiger partial charge on any atom is 0.335 e. The lowest BCUT2D eigenvalue weighted by atomic mass is 10.1. The minimum absolute atomic E-state index is 0. The van der Waals surface area contributed by atoms with Gasteiger partial charge in [-0.1, -0.05) is 12.1 Å². The number of hydrogen-bond donors (Lipinski definition) is 2. The maximum absolute atomic E-state index is 12.8. The molecular weight excluding hydrogens is 544 g/mol. The van der Waals surface area contributed by atoms with E-state index in [4.69, 9.17) is 4.98 Å². The highest BCUT2D eigenvalue weighted by molar-refractivity contribution is 7.14. The zero-order valence-electron chi connectivity index (χ0n) is 22.5. The van der Waals surface area contributed by atoms with Crippen molar-refractivity contribution in [3.63, 3.8) is 0 Å². The van der Waals surface area contributed by atoms with Gasteiger partial charge in [-0.05, 0) is 93.8 Å². The van der Waals surface area contributed by atoms with Gasteiger partial charge in [0.05, 0.1) is 11.3 Å². The molecule has 5 rings (SSSR count). The molecular formula is C31H33ClN4O3S. The maximum atomic E-state index is 12.8. The molecule has 7 nitrogen and oxygen atoms in total. The molecule has 1 aromatic heterocycles. The summed E-state index contributed by atoms with van der Waals surface area (Å²) in [6.07, 6.45) is 3.73. The van der Waals surface area contributed by atoms with Crippen LogP contribution >= 0.6 is 23.7 Å². The van der Waals surface area contributed by atoms with Gasteiger partial charge in [-0.25, -0.2) is 9.78 Å². The Morgan fingerprint density at radius 1 is 0.900 bits per heavy atom. The fourth-order valence-corrected chi connectivity index (χ4v) is 5.79. The SMILES string of the molecule is CC(C)N(c1ccc(C(=O)O)cc1)c1nc(-c2ccc(NC(=O)c3ccc(N4CCCCC4)cc3)cc2)cs1.Cl. The molecule has 40 heavy (non-hydrogen) atoms. The van der Waals surface area contributed by atoms with Crippen LogP contribution in [0.5, 0.6) is 0 Å². The van der Waals surface area contributed by atoms with Gasteiger partial charge in [-0.15, -0.1) is 23.7 Å². The highest BCUT2D eigenvalue weighted by Gasteiger charge is 2.18. The van der Waals surface area contributed by atoms with Gasteiger partial charge in [-0.3, -0.25) is 4.79 Å². The van der Waals surface area contributed by atoms with Crippen LogP contribution in [0.25, 0.3) is 11.3 Å². The van der Waals surface area contributed by atoms with Gasteiger partial charge in [0.25, 0.3) is 5.91 Å². The Bertz CT molecular complexity index is 1430. The summed E-state index contributed by atoms with van der Waals surface area (Å²) in [5, 5.41) is 15.0. The van der Waals surface area contributed by atoms with Gasteiger partial charge in [0, 0.05) is 52.7 Å². The number of carbonyl (C=O) groups is 2. The number of rotatable bonds is 8. The summed E-state index contributed by atoms with van der Waals surface area (Å²) in [7, 11) is 0. The summed E-state index contributed by atoms with van der Waals surface area (Å²) >= 11 is 1.53. The summed E-state index contributed by atoms with van der Waals surface area (Å²) in [6.45, 7) is 6.30. The molecule has 0 bridgehead atoms. The zero-order chi connectivity index (χ0) is 27.4. The lowest BCUT2D eigenvalue weighted by Crippen LogP contribution is -2.29. The summed E-state index contributed by atoms with van der Waals surface area (Å²) < 4.78 is 0. The van der Waals surface area contributed by atoms with Crippen LogP contribution in [0, 0.1) is 0 Å². The Labute approximate surface area is 244 Å². The van der Waals surface area contributed by atoms with E-state index >= 15 is 0 Å². The number of hydrogen-bond acceptors (Lipinski definition) is 6. The first-order chi connectivity index (χ1) is 18.9. The van der Waals surface area contributed by atoms with Crippen molar-refractivity contribution < 1.29 is 14.7 Å². The second-order valence-corrected chi connectivity index (χ2v) is 10.8. The van der Waals surface area contributed by atoms with Gasteiger partial charge >= 0.3 is 5.97 Å². The number of carboxylic acid groups (broad SMARTS) is 1. The minimum Gasteiger partial charge on any atom is -0.478 e. The summed E-state index contributed by atoms with van der Waals surface area (Å²) in [6, 6.07) is 22.5. The number of nitrogens with zero attached hydrogens (tertiary/aromatic N) is 3. The number of benzene rings is 3. The first-order valence-electron chi connectivity index (χ1n) is 13.2. The fraction of sp³-hybridized carbons (Fsp3) is 0.258. The van der Waals surface area contributed by atoms with E-state index in [0.29, 0.717) is 5.56 Å². The van der Waals surface area contributed by atoms with Crippen LogP contribution in [0.4, 0.5) is 22.2 Å². The van der Waals surface area contributed by atoms with Crippen LogP contribution in [-0.4, -0.2) is 41.1 Å². The average Bonchev–Trinajstić information content (AvgIpc) is 3.44. The van der Waals surface area contributed by atoms with Crippen molar-refractivity contribution in [3.8, 4) is 11.3 Å². The van der Waals surface area contributed by atoms with E-state index < -0.39 is 5.97 Å². The van der Waals surface area contributed by atoms with E-state index in [2.05, 4.69) is 29.0 Å². The molecule has 0 spiro atoms. The summed E-state index contributed by atoms with van der Waals surface area (Å²) in [4.78, 5) is 33.4. The monoisotopic (exact) mass is 576 g/mol. The molecule has 0 aliphatic carbocycles. The van der Waals surface area contributed by atoms with Crippen LogP contribution in [0.15, 0.2) is 78.2 Å². The quantitative estimate of drug-likeness (QED) is 0.223. The van der Waals surface area contributed by atoms with E-state index in [1.807, 2.05) is 66.0 Å². The van der Waals surface area contributed by atoms with Gasteiger partial charge < -0.3 is 20.2 Å². The van der Waals surface area contributed by atoms with Gasteiger partial charge in [0.15, 0.2) is 5.13 Å². The molecule has 0 unspecified atom stereocenters. The molecule has 0 radical (unpaired) electrons. The first kappa shape index (κ1) is 29.1. The molecule has 208 valence electrons. The highest BCUT2D eigenvalue weighted by atomic mass is 35.5. The van der Waals surface area contributed by atoms with Crippen molar-refractivity contribution in [2.75, 3.05) is 28.2 Å². The lowest BCUT2D eigenvalue weighted by molar-refractivity contribution is 0.0696. The number of carbonyl (C=O) groups excluding carboxylic acids is 1. The highest BCUT2D eigenvalue weighted by Crippen LogP contribution is 2.34. The second kappa shape index (κ2) is 13.0. The van der Waals surface area contributed by atoms with Crippen LogP contribution in [-0.2, 0) is 0 Å². The molecule has 3 aromatic carbocycles. The predicted octanol–water partition coefficient (Wildman–Crippen LogP) is 7.72. The third-order valence-corrected chi connectivity index (χ3v) is 7.74. The topological polar surface area (TPSA) is 85.8 Å². The molecule has 1 aliphatic heterocycles. The average molecular weight is 577 g/mol. The van der Waals surface area contributed by atoms with Gasteiger partial charge in [0.2, 0.25) is 0 Å². The minimum atomic E-state index is -0.945.